The summed E-state index contributed by atoms with van der Waals surface area (Å²) in [6, 6.07) is 3.78. The maximum absolute atomic E-state index is 4.35. The third kappa shape index (κ3) is 2.93. The van der Waals surface area contributed by atoms with Gasteiger partial charge < -0.3 is 10.6 Å². The van der Waals surface area contributed by atoms with Gasteiger partial charge >= 0.3 is 0 Å². The molecule has 2 heterocycles. The van der Waals surface area contributed by atoms with Crippen molar-refractivity contribution >= 4 is 17.6 Å². The Labute approximate surface area is 100 Å². The van der Waals surface area contributed by atoms with Crippen LogP contribution in [0.2, 0.25) is 0 Å². The molecule has 2 aromatic heterocycles. The molecule has 0 aliphatic heterocycles. The van der Waals surface area contributed by atoms with Gasteiger partial charge in [-0.1, -0.05) is 0 Å². The largest absolute Gasteiger partial charge is 0.354 e. The zero-order chi connectivity index (χ0) is 12.3. The standard InChI is InChI=1S/C11H16N6/c1-4-12-11-13-8(2)7-10(15-11)14-9-5-6-17(3)16-9/h5-7H,4H2,1-3H3,(H2,12,13,14,15,16). The molecular weight excluding hydrogens is 216 g/mol. The highest BCUT2D eigenvalue weighted by atomic mass is 15.3. The zero-order valence-corrected chi connectivity index (χ0v) is 10.2. The number of hydrogen-bond donors (Lipinski definition) is 2. The highest BCUT2D eigenvalue weighted by Crippen LogP contribution is 2.14. The molecule has 0 unspecified atom stereocenters. The fourth-order valence-electron chi connectivity index (χ4n) is 1.48. The highest BCUT2D eigenvalue weighted by molar-refractivity contribution is 5.53. The second-order valence-electron chi connectivity index (χ2n) is 3.75. The molecule has 0 aliphatic rings. The summed E-state index contributed by atoms with van der Waals surface area (Å²) in [5, 5.41) is 10.5. The third-order valence-electron chi connectivity index (χ3n) is 2.16. The number of rotatable bonds is 4. The van der Waals surface area contributed by atoms with E-state index in [2.05, 4.69) is 25.7 Å². The van der Waals surface area contributed by atoms with Crippen molar-refractivity contribution in [2.24, 2.45) is 7.05 Å². The first-order chi connectivity index (χ1) is 8.17. The van der Waals surface area contributed by atoms with E-state index in [4.69, 9.17) is 0 Å². The summed E-state index contributed by atoms with van der Waals surface area (Å²) >= 11 is 0. The van der Waals surface area contributed by atoms with E-state index < -0.39 is 0 Å². The Bertz CT molecular complexity index is 504. The summed E-state index contributed by atoms with van der Waals surface area (Å²) in [6.45, 7) is 4.75. The SMILES string of the molecule is CCNc1nc(C)cc(Nc2ccn(C)n2)n1. The molecule has 6 heteroatoms. The van der Waals surface area contributed by atoms with Gasteiger partial charge in [-0.3, -0.25) is 4.68 Å². The molecule has 6 nitrogen and oxygen atoms in total. The predicted octanol–water partition coefficient (Wildman–Crippen LogP) is 1.69. The van der Waals surface area contributed by atoms with E-state index in [0.29, 0.717) is 5.95 Å². The Balaban J connectivity index is 2.20. The van der Waals surface area contributed by atoms with Crippen LogP contribution in [0.5, 0.6) is 0 Å². The molecule has 0 aromatic carbocycles. The summed E-state index contributed by atoms with van der Waals surface area (Å²) < 4.78 is 1.74. The van der Waals surface area contributed by atoms with Gasteiger partial charge in [-0.15, -0.1) is 0 Å². The zero-order valence-electron chi connectivity index (χ0n) is 10.2. The fraction of sp³-hybridized carbons (Fsp3) is 0.364. The second-order valence-corrected chi connectivity index (χ2v) is 3.75. The minimum atomic E-state index is 0.630. The molecule has 0 amide bonds. The topological polar surface area (TPSA) is 67.7 Å². The minimum Gasteiger partial charge on any atom is -0.354 e. The van der Waals surface area contributed by atoms with Gasteiger partial charge in [-0.05, 0) is 13.8 Å². The van der Waals surface area contributed by atoms with Gasteiger partial charge in [-0.2, -0.15) is 10.1 Å². The van der Waals surface area contributed by atoms with Crippen molar-refractivity contribution in [3.05, 3.63) is 24.0 Å². The number of nitrogens with zero attached hydrogens (tertiary/aromatic N) is 4. The van der Waals surface area contributed by atoms with Gasteiger partial charge in [0.1, 0.15) is 5.82 Å². The molecule has 2 aromatic rings. The quantitative estimate of drug-likeness (QED) is 0.839. The van der Waals surface area contributed by atoms with Crippen LogP contribution >= 0.6 is 0 Å². The molecule has 0 saturated heterocycles. The first kappa shape index (κ1) is 11.4. The van der Waals surface area contributed by atoms with E-state index in [1.54, 1.807) is 4.68 Å². The predicted molar refractivity (Wildman–Crippen MR) is 67.4 cm³/mol. The van der Waals surface area contributed by atoms with Crippen LogP contribution in [-0.2, 0) is 7.05 Å². The monoisotopic (exact) mass is 232 g/mol. The first-order valence-corrected chi connectivity index (χ1v) is 5.53. The average Bonchev–Trinajstić information content (AvgIpc) is 2.63. The molecule has 0 atom stereocenters. The molecule has 90 valence electrons. The van der Waals surface area contributed by atoms with Crippen molar-refractivity contribution in [2.75, 3.05) is 17.2 Å². The van der Waals surface area contributed by atoms with Crippen LogP contribution in [0.3, 0.4) is 0 Å². The van der Waals surface area contributed by atoms with Crippen molar-refractivity contribution < 1.29 is 0 Å². The average molecular weight is 232 g/mol. The van der Waals surface area contributed by atoms with Crippen LogP contribution in [0, 0.1) is 6.92 Å². The van der Waals surface area contributed by atoms with Crippen LogP contribution in [0.15, 0.2) is 18.3 Å². The van der Waals surface area contributed by atoms with Crippen LogP contribution in [0.1, 0.15) is 12.6 Å². The van der Waals surface area contributed by atoms with Gasteiger partial charge in [0.25, 0.3) is 0 Å². The summed E-state index contributed by atoms with van der Waals surface area (Å²) in [5.41, 5.74) is 0.911. The van der Waals surface area contributed by atoms with Gasteiger partial charge in [0.05, 0.1) is 0 Å². The van der Waals surface area contributed by atoms with E-state index in [0.717, 1.165) is 23.9 Å². The van der Waals surface area contributed by atoms with Gasteiger partial charge in [0, 0.05) is 37.6 Å². The molecule has 0 fully saturated rings. The van der Waals surface area contributed by atoms with Crippen molar-refractivity contribution in [3.8, 4) is 0 Å². The molecule has 2 rings (SSSR count). The van der Waals surface area contributed by atoms with Gasteiger partial charge in [0.2, 0.25) is 5.95 Å². The van der Waals surface area contributed by atoms with Crippen LogP contribution in [0.4, 0.5) is 17.6 Å². The lowest BCUT2D eigenvalue weighted by Crippen LogP contribution is -2.05. The molecule has 0 bridgehead atoms. The summed E-state index contributed by atoms with van der Waals surface area (Å²) in [4.78, 5) is 8.63. The maximum atomic E-state index is 4.35. The molecule has 2 N–H and O–H groups in total. The van der Waals surface area contributed by atoms with Crippen molar-refractivity contribution in [1.82, 2.24) is 19.7 Å². The smallest absolute Gasteiger partial charge is 0.224 e. The fourth-order valence-corrected chi connectivity index (χ4v) is 1.48. The number of anilines is 3. The Morgan fingerprint density at radius 3 is 2.76 bits per heavy atom. The number of aromatic nitrogens is 4. The number of nitrogens with one attached hydrogen (secondary N) is 2. The van der Waals surface area contributed by atoms with Crippen LogP contribution < -0.4 is 10.6 Å². The molecule has 0 spiro atoms. The molecule has 17 heavy (non-hydrogen) atoms. The van der Waals surface area contributed by atoms with E-state index in [9.17, 15) is 0 Å². The van der Waals surface area contributed by atoms with Crippen molar-refractivity contribution in [2.45, 2.75) is 13.8 Å². The van der Waals surface area contributed by atoms with Crippen LogP contribution in [-0.4, -0.2) is 26.3 Å². The summed E-state index contributed by atoms with van der Waals surface area (Å²) in [5.74, 6) is 2.14. The Hall–Kier alpha value is -2.11. The van der Waals surface area contributed by atoms with E-state index in [1.165, 1.54) is 0 Å². The lowest BCUT2D eigenvalue weighted by atomic mass is 10.4. The molecule has 0 aliphatic carbocycles. The second kappa shape index (κ2) is 4.82. The molecule has 0 saturated carbocycles. The number of aryl methyl sites for hydroxylation is 2. The molecular formula is C11H16N6. The van der Waals surface area contributed by atoms with Crippen molar-refractivity contribution in [1.29, 1.82) is 0 Å². The maximum Gasteiger partial charge on any atom is 0.224 e. The number of hydrogen-bond acceptors (Lipinski definition) is 5. The lowest BCUT2D eigenvalue weighted by Gasteiger charge is -2.06. The highest BCUT2D eigenvalue weighted by Gasteiger charge is 2.03. The lowest BCUT2D eigenvalue weighted by molar-refractivity contribution is 0.771. The van der Waals surface area contributed by atoms with Gasteiger partial charge in [-0.25, -0.2) is 4.98 Å². The van der Waals surface area contributed by atoms with Gasteiger partial charge in [0.15, 0.2) is 5.82 Å². The third-order valence-corrected chi connectivity index (χ3v) is 2.16. The minimum absolute atomic E-state index is 0.630. The first-order valence-electron chi connectivity index (χ1n) is 5.53. The van der Waals surface area contributed by atoms with Crippen molar-refractivity contribution in [3.63, 3.8) is 0 Å². The Kier molecular flexibility index (Phi) is 3.22. The Morgan fingerprint density at radius 1 is 1.29 bits per heavy atom. The van der Waals surface area contributed by atoms with E-state index in [-0.39, 0.29) is 0 Å². The Morgan fingerprint density at radius 2 is 2.12 bits per heavy atom. The van der Waals surface area contributed by atoms with E-state index >= 15 is 0 Å². The van der Waals surface area contributed by atoms with Crippen LogP contribution in [0.25, 0.3) is 0 Å². The summed E-state index contributed by atoms with van der Waals surface area (Å²) in [6.07, 6.45) is 1.88. The summed E-state index contributed by atoms with van der Waals surface area (Å²) in [7, 11) is 1.88. The molecule has 0 radical (unpaired) electrons. The normalized spacial score (nSPS) is 10.3. The van der Waals surface area contributed by atoms with E-state index in [1.807, 2.05) is 39.2 Å².